The molecule has 3 rings (SSSR count). The van der Waals surface area contributed by atoms with Crippen molar-refractivity contribution in [1.82, 2.24) is 0 Å². The van der Waals surface area contributed by atoms with E-state index in [-0.39, 0.29) is 0 Å². The highest BCUT2D eigenvalue weighted by Gasteiger charge is 2.04. The molecule has 0 atom stereocenters. The summed E-state index contributed by atoms with van der Waals surface area (Å²) in [6.07, 6.45) is 1.80. The van der Waals surface area contributed by atoms with Gasteiger partial charge in [0, 0.05) is 21.0 Å². The number of halogens is 3. The molecule has 23 heavy (non-hydrogen) atoms. The lowest BCUT2D eigenvalue weighted by Crippen LogP contribution is -1.74. The zero-order valence-corrected chi connectivity index (χ0v) is 15.6. The van der Waals surface area contributed by atoms with Gasteiger partial charge in [-0.25, -0.2) is 0 Å². The Labute approximate surface area is 157 Å². The molecule has 3 aromatic rings. The van der Waals surface area contributed by atoms with Crippen LogP contribution in [0.25, 0.3) is 0 Å². The normalized spacial score (nSPS) is 11.3. The van der Waals surface area contributed by atoms with Crippen molar-refractivity contribution in [2.75, 3.05) is 0 Å². The standard InChI is InChI=1S/C17H10Cl3NS2/c18-11-4-6-12(7-5-11)22-16-9-8-13(23-16)10-21-15-3-1-2-14(19)17(15)20/h1-10H. The number of hydrogen-bond donors (Lipinski definition) is 0. The van der Waals surface area contributed by atoms with Crippen LogP contribution >= 0.6 is 57.9 Å². The van der Waals surface area contributed by atoms with Gasteiger partial charge >= 0.3 is 0 Å². The molecule has 1 aromatic heterocycles. The summed E-state index contributed by atoms with van der Waals surface area (Å²) < 4.78 is 1.19. The minimum atomic E-state index is 0.470. The second-order valence-corrected chi connectivity index (χ2v) is 8.25. The predicted octanol–water partition coefficient (Wildman–Crippen LogP) is 7.61. The van der Waals surface area contributed by atoms with E-state index in [1.165, 1.54) is 4.21 Å². The minimum absolute atomic E-state index is 0.470. The van der Waals surface area contributed by atoms with Gasteiger partial charge in [0.2, 0.25) is 0 Å². The Hall–Kier alpha value is -0.970. The van der Waals surface area contributed by atoms with Gasteiger partial charge in [0.15, 0.2) is 0 Å². The average Bonchev–Trinajstić information content (AvgIpc) is 2.99. The molecule has 0 aliphatic rings. The highest BCUT2D eigenvalue weighted by molar-refractivity contribution is 8.01. The van der Waals surface area contributed by atoms with Crippen LogP contribution in [0.2, 0.25) is 15.1 Å². The molecular weight excluding hydrogens is 389 g/mol. The molecule has 0 unspecified atom stereocenters. The van der Waals surface area contributed by atoms with Crippen LogP contribution < -0.4 is 0 Å². The van der Waals surface area contributed by atoms with Crippen LogP contribution in [0.1, 0.15) is 4.88 Å². The Kier molecular flexibility index (Phi) is 5.67. The van der Waals surface area contributed by atoms with E-state index in [9.17, 15) is 0 Å². The van der Waals surface area contributed by atoms with E-state index in [1.807, 2.05) is 42.5 Å². The maximum absolute atomic E-state index is 6.13. The molecule has 0 aliphatic carbocycles. The first-order valence-electron chi connectivity index (χ1n) is 6.63. The first-order chi connectivity index (χ1) is 11.1. The molecule has 0 saturated carbocycles. The third-order valence-electron chi connectivity index (χ3n) is 2.90. The molecule has 0 fully saturated rings. The zero-order chi connectivity index (χ0) is 16.2. The number of hydrogen-bond acceptors (Lipinski definition) is 3. The lowest BCUT2D eigenvalue weighted by molar-refractivity contribution is 1.46. The summed E-state index contributed by atoms with van der Waals surface area (Å²) >= 11 is 21.4. The van der Waals surface area contributed by atoms with E-state index in [2.05, 4.69) is 11.1 Å². The molecular formula is C17H10Cl3NS2. The van der Waals surface area contributed by atoms with Crippen molar-refractivity contribution in [2.24, 2.45) is 4.99 Å². The summed E-state index contributed by atoms with van der Waals surface area (Å²) in [5, 5.41) is 1.72. The maximum atomic E-state index is 6.13. The summed E-state index contributed by atoms with van der Waals surface area (Å²) in [7, 11) is 0. The fourth-order valence-corrected chi connectivity index (χ4v) is 4.27. The number of thiophene rings is 1. The number of rotatable bonds is 4. The van der Waals surface area contributed by atoms with Crippen LogP contribution in [0.4, 0.5) is 5.69 Å². The van der Waals surface area contributed by atoms with Crippen molar-refractivity contribution in [1.29, 1.82) is 0 Å². The van der Waals surface area contributed by atoms with Crippen molar-refractivity contribution in [3.05, 3.63) is 74.5 Å². The summed E-state index contributed by atoms with van der Waals surface area (Å²) in [6.45, 7) is 0. The first kappa shape index (κ1) is 16.9. The fourth-order valence-electron chi connectivity index (χ4n) is 1.80. The third-order valence-corrected chi connectivity index (χ3v) is 6.12. The summed E-state index contributed by atoms with van der Waals surface area (Å²) in [5.74, 6) is 0. The average molecular weight is 399 g/mol. The lowest BCUT2D eigenvalue weighted by atomic mass is 10.3. The van der Waals surface area contributed by atoms with E-state index in [0.717, 1.165) is 14.8 Å². The van der Waals surface area contributed by atoms with Crippen molar-refractivity contribution < 1.29 is 0 Å². The predicted molar refractivity (Wildman–Crippen MR) is 104 cm³/mol. The zero-order valence-electron chi connectivity index (χ0n) is 11.7. The molecule has 0 saturated heterocycles. The van der Waals surface area contributed by atoms with Gasteiger partial charge in [0.1, 0.15) is 0 Å². The van der Waals surface area contributed by atoms with Crippen molar-refractivity contribution in [2.45, 2.75) is 9.10 Å². The third kappa shape index (κ3) is 4.52. The molecule has 0 N–H and O–H groups in total. The molecule has 116 valence electrons. The molecule has 0 bridgehead atoms. The largest absolute Gasteiger partial charge is 0.254 e. The van der Waals surface area contributed by atoms with Gasteiger partial charge in [-0.1, -0.05) is 52.6 Å². The fraction of sp³-hybridized carbons (Fsp3) is 0. The van der Waals surface area contributed by atoms with Crippen LogP contribution in [0.3, 0.4) is 0 Å². The number of aliphatic imine (C=N–C) groups is 1. The quantitative estimate of drug-likeness (QED) is 0.412. The van der Waals surface area contributed by atoms with E-state index >= 15 is 0 Å². The smallest absolute Gasteiger partial charge is 0.0848 e. The van der Waals surface area contributed by atoms with Gasteiger partial charge < -0.3 is 0 Å². The topological polar surface area (TPSA) is 12.4 Å². The van der Waals surface area contributed by atoms with Crippen molar-refractivity contribution in [3.8, 4) is 0 Å². The van der Waals surface area contributed by atoms with E-state index in [1.54, 1.807) is 35.4 Å². The molecule has 0 radical (unpaired) electrons. The van der Waals surface area contributed by atoms with E-state index in [4.69, 9.17) is 34.8 Å². The van der Waals surface area contributed by atoms with E-state index in [0.29, 0.717) is 15.7 Å². The van der Waals surface area contributed by atoms with Gasteiger partial charge in [-0.3, -0.25) is 4.99 Å². The lowest BCUT2D eigenvalue weighted by Gasteiger charge is -1.99. The van der Waals surface area contributed by atoms with Crippen LogP contribution in [0.5, 0.6) is 0 Å². The van der Waals surface area contributed by atoms with Gasteiger partial charge in [-0.2, -0.15) is 0 Å². The Morgan fingerprint density at radius 3 is 2.48 bits per heavy atom. The Morgan fingerprint density at radius 1 is 0.913 bits per heavy atom. The molecule has 2 aromatic carbocycles. The molecule has 0 aliphatic heterocycles. The highest BCUT2D eigenvalue weighted by Crippen LogP contribution is 2.34. The Morgan fingerprint density at radius 2 is 1.70 bits per heavy atom. The summed E-state index contributed by atoms with van der Waals surface area (Å²) in [5.41, 5.74) is 0.666. The second kappa shape index (κ2) is 7.73. The molecule has 0 spiro atoms. The van der Waals surface area contributed by atoms with Crippen molar-refractivity contribution >= 4 is 69.8 Å². The number of benzene rings is 2. The first-order valence-corrected chi connectivity index (χ1v) is 9.40. The number of nitrogens with zero attached hydrogens (tertiary/aromatic N) is 1. The van der Waals surface area contributed by atoms with Crippen LogP contribution in [-0.2, 0) is 0 Å². The van der Waals surface area contributed by atoms with Gasteiger partial charge in [-0.15, -0.1) is 11.3 Å². The Balaban J connectivity index is 1.73. The van der Waals surface area contributed by atoms with Crippen LogP contribution in [-0.4, -0.2) is 6.21 Å². The summed E-state index contributed by atoms with van der Waals surface area (Å²) in [6, 6.07) is 17.3. The molecule has 0 amide bonds. The monoisotopic (exact) mass is 397 g/mol. The molecule has 1 heterocycles. The second-order valence-electron chi connectivity index (χ2n) is 4.54. The SMILES string of the molecule is Clc1ccc(Sc2ccc(C=Nc3cccc(Cl)c3Cl)s2)cc1. The van der Waals surface area contributed by atoms with Gasteiger partial charge in [0.25, 0.3) is 0 Å². The maximum Gasteiger partial charge on any atom is 0.0848 e. The minimum Gasteiger partial charge on any atom is -0.254 e. The van der Waals surface area contributed by atoms with Crippen LogP contribution in [0, 0.1) is 0 Å². The van der Waals surface area contributed by atoms with Crippen LogP contribution in [0.15, 0.2) is 68.7 Å². The molecule has 1 nitrogen and oxygen atoms in total. The van der Waals surface area contributed by atoms with Crippen molar-refractivity contribution in [3.63, 3.8) is 0 Å². The summed E-state index contributed by atoms with van der Waals surface area (Å²) in [4.78, 5) is 6.61. The Bertz CT molecular complexity index is 841. The van der Waals surface area contributed by atoms with Gasteiger partial charge in [-0.05, 0) is 48.5 Å². The van der Waals surface area contributed by atoms with E-state index < -0.39 is 0 Å². The van der Waals surface area contributed by atoms with Gasteiger partial charge in [0.05, 0.1) is 19.9 Å². The molecule has 6 heteroatoms. The highest BCUT2D eigenvalue weighted by atomic mass is 35.5.